The van der Waals surface area contributed by atoms with Crippen LogP contribution in [0.15, 0.2) is 32.3 Å². The molecule has 3 nitrogen and oxygen atoms in total. The maximum Gasteiger partial charge on any atom is 0.250 e. The summed E-state index contributed by atoms with van der Waals surface area (Å²) in [5.74, 6) is -1.53. The Kier molecular flexibility index (Phi) is 5.04. The lowest BCUT2D eigenvalue weighted by Crippen LogP contribution is -2.26. The average Bonchev–Trinajstić information content (AvgIpc) is 2.69. The molecule has 9 heteroatoms. The molecule has 1 aromatic carbocycles. The maximum atomic E-state index is 13.6. The van der Waals surface area contributed by atoms with Crippen LogP contribution in [0.3, 0.4) is 0 Å². The Morgan fingerprint density at radius 1 is 1.33 bits per heavy atom. The van der Waals surface area contributed by atoms with Crippen LogP contribution in [0, 0.1) is 11.6 Å². The predicted molar refractivity (Wildman–Crippen MR) is 82.1 cm³/mol. The lowest BCUT2D eigenvalue weighted by Gasteiger charge is -2.14. The molecular weight excluding hydrogens is 408 g/mol. The van der Waals surface area contributed by atoms with Gasteiger partial charge in [-0.2, -0.15) is 0 Å². The Morgan fingerprint density at radius 2 is 2.00 bits per heavy atom. The van der Waals surface area contributed by atoms with Gasteiger partial charge in [-0.05, 0) is 35.0 Å². The van der Waals surface area contributed by atoms with Crippen molar-refractivity contribution in [3.63, 3.8) is 0 Å². The number of rotatable bonds is 4. The minimum atomic E-state index is -3.84. The summed E-state index contributed by atoms with van der Waals surface area (Å²) in [6.45, 7) is 1.47. The standard InChI is InChI=1S/C12H9BrClF2NO2S2/c1-6(8-3-2-7(15)4-10(8)16)17-21(18,19)11-5-9(14)12(13)20-11/h2-6,17H,1H3. The number of halogens is 4. The average molecular weight is 417 g/mol. The lowest BCUT2D eigenvalue weighted by atomic mass is 10.1. The van der Waals surface area contributed by atoms with Crippen molar-refractivity contribution in [2.75, 3.05) is 0 Å². The van der Waals surface area contributed by atoms with Gasteiger partial charge in [0.25, 0.3) is 10.0 Å². The summed E-state index contributed by atoms with van der Waals surface area (Å²) in [6.07, 6.45) is 0. The van der Waals surface area contributed by atoms with Crippen molar-refractivity contribution < 1.29 is 17.2 Å². The fourth-order valence-electron chi connectivity index (χ4n) is 1.67. The van der Waals surface area contributed by atoms with Crippen LogP contribution < -0.4 is 4.72 Å². The highest BCUT2D eigenvalue weighted by atomic mass is 79.9. The van der Waals surface area contributed by atoms with E-state index in [2.05, 4.69) is 20.7 Å². The van der Waals surface area contributed by atoms with E-state index in [4.69, 9.17) is 11.6 Å². The molecular formula is C12H9BrClF2NO2S2. The molecule has 2 aromatic rings. The van der Waals surface area contributed by atoms with Crippen LogP contribution in [0.2, 0.25) is 5.02 Å². The molecule has 0 saturated heterocycles. The van der Waals surface area contributed by atoms with Crippen molar-refractivity contribution in [2.45, 2.75) is 17.2 Å². The van der Waals surface area contributed by atoms with E-state index in [1.807, 2.05) is 0 Å². The molecule has 1 heterocycles. The van der Waals surface area contributed by atoms with Gasteiger partial charge in [-0.25, -0.2) is 21.9 Å². The molecule has 0 spiro atoms. The van der Waals surface area contributed by atoms with E-state index in [1.165, 1.54) is 19.1 Å². The van der Waals surface area contributed by atoms with Gasteiger partial charge in [0.15, 0.2) is 0 Å². The summed E-state index contributed by atoms with van der Waals surface area (Å²) in [4.78, 5) is 0. The number of benzene rings is 1. The number of sulfonamides is 1. The van der Waals surface area contributed by atoms with Gasteiger partial charge in [-0.3, -0.25) is 0 Å². The van der Waals surface area contributed by atoms with Crippen molar-refractivity contribution in [3.8, 4) is 0 Å². The highest BCUT2D eigenvalue weighted by molar-refractivity contribution is 9.11. The fraction of sp³-hybridized carbons (Fsp3) is 0.167. The zero-order chi connectivity index (χ0) is 15.8. The zero-order valence-corrected chi connectivity index (χ0v) is 14.5. The molecule has 0 saturated carbocycles. The minimum Gasteiger partial charge on any atom is -0.207 e. The van der Waals surface area contributed by atoms with Gasteiger partial charge < -0.3 is 0 Å². The molecule has 0 fully saturated rings. The molecule has 2 rings (SSSR count). The Balaban J connectivity index is 2.27. The summed E-state index contributed by atoms with van der Waals surface area (Å²) in [6, 6.07) is 3.43. The largest absolute Gasteiger partial charge is 0.250 e. The van der Waals surface area contributed by atoms with E-state index < -0.39 is 27.7 Å². The van der Waals surface area contributed by atoms with Gasteiger partial charge in [-0.1, -0.05) is 17.7 Å². The molecule has 0 aliphatic carbocycles. The van der Waals surface area contributed by atoms with E-state index in [9.17, 15) is 17.2 Å². The van der Waals surface area contributed by atoms with Crippen LogP contribution in [-0.4, -0.2) is 8.42 Å². The summed E-state index contributed by atoms with van der Waals surface area (Å²) in [5.41, 5.74) is 0.0571. The second-order valence-corrected chi connectivity index (χ2v) is 8.91. The molecule has 1 aromatic heterocycles. The van der Waals surface area contributed by atoms with Crippen molar-refractivity contribution in [1.82, 2.24) is 4.72 Å². The number of hydrogen-bond acceptors (Lipinski definition) is 3. The zero-order valence-electron chi connectivity index (χ0n) is 10.5. The molecule has 1 atom stereocenters. The highest BCUT2D eigenvalue weighted by Crippen LogP contribution is 2.35. The predicted octanol–water partition coefficient (Wildman–Crippen LogP) is 4.48. The quantitative estimate of drug-likeness (QED) is 0.798. The van der Waals surface area contributed by atoms with E-state index in [0.717, 1.165) is 17.4 Å². The Hall–Kier alpha value is -0.540. The topological polar surface area (TPSA) is 46.2 Å². The monoisotopic (exact) mass is 415 g/mol. The van der Waals surface area contributed by atoms with Crippen LogP contribution in [0.5, 0.6) is 0 Å². The first kappa shape index (κ1) is 16.8. The fourth-order valence-corrected chi connectivity index (χ4v) is 5.30. The van der Waals surface area contributed by atoms with Crippen molar-refractivity contribution >= 4 is 48.9 Å². The van der Waals surface area contributed by atoms with Crippen molar-refractivity contribution in [1.29, 1.82) is 0 Å². The second kappa shape index (κ2) is 6.29. The van der Waals surface area contributed by atoms with E-state index in [0.29, 0.717) is 9.85 Å². The second-order valence-electron chi connectivity index (χ2n) is 4.20. The molecule has 0 radical (unpaired) electrons. The van der Waals surface area contributed by atoms with Crippen molar-refractivity contribution in [3.05, 3.63) is 50.3 Å². The third-order valence-corrected chi connectivity index (χ3v) is 7.14. The Labute approximate surface area is 138 Å². The third kappa shape index (κ3) is 3.81. The normalized spacial score (nSPS) is 13.4. The number of thiophene rings is 1. The van der Waals surface area contributed by atoms with Gasteiger partial charge in [0.2, 0.25) is 0 Å². The summed E-state index contributed by atoms with van der Waals surface area (Å²) in [5, 5.41) is 0.279. The first-order valence-electron chi connectivity index (χ1n) is 5.63. The van der Waals surface area contributed by atoms with Gasteiger partial charge >= 0.3 is 0 Å². The molecule has 0 aliphatic rings. The SMILES string of the molecule is CC(NS(=O)(=O)c1cc(Cl)c(Br)s1)c1ccc(F)cc1F. The number of hydrogen-bond donors (Lipinski definition) is 1. The molecule has 0 aliphatic heterocycles. The van der Waals surface area contributed by atoms with E-state index in [1.54, 1.807) is 0 Å². The Bertz CT molecular complexity index is 760. The van der Waals surface area contributed by atoms with Crippen LogP contribution in [0.1, 0.15) is 18.5 Å². The molecule has 0 bridgehead atoms. The van der Waals surface area contributed by atoms with Gasteiger partial charge in [-0.15, -0.1) is 11.3 Å². The van der Waals surface area contributed by atoms with Crippen LogP contribution in [0.25, 0.3) is 0 Å². The maximum absolute atomic E-state index is 13.6. The lowest BCUT2D eigenvalue weighted by molar-refractivity contribution is 0.541. The summed E-state index contributed by atoms with van der Waals surface area (Å²) >= 11 is 9.88. The Morgan fingerprint density at radius 3 is 2.52 bits per heavy atom. The molecule has 21 heavy (non-hydrogen) atoms. The third-order valence-electron chi connectivity index (χ3n) is 2.65. The molecule has 114 valence electrons. The highest BCUT2D eigenvalue weighted by Gasteiger charge is 2.23. The molecule has 1 unspecified atom stereocenters. The van der Waals surface area contributed by atoms with E-state index >= 15 is 0 Å². The minimum absolute atomic E-state index is 0.00810. The number of nitrogens with one attached hydrogen (secondary N) is 1. The first-order chi connectivity index (χ1) is 9.70. The van der Waals surface area contributed by atoms with Gasteiger partial charge in [0.05, 0.1) is 8.81 Å². The van der Waals surface area contributed by atoms with Crippen molar-refractivity contribution in [2.24, 2.45) is 0 Å². The smallest absolute Gasteiger partial charge is 0.207 e. The summed E-state index contributed by atoms with van der Waals surface area (Å²) < 4.78 is 53.7. The first-order valence-corrected chi connectivity index (χ1v) is 9.10. The van der Waals surface area contributed by atoms with E-state index in [-0.39, 0.29) is 14.8 Å². The van der Waals surface area contributed by atoms with Gasteiger partial charge in [0, 0.05) is 17.7 Å². The molecule has 1 N–H and O–H groups in total. The van der Waals surface area contributed by atoms with Crippen LogP contribution in [-0.2, 0) is 10.0 Å². The van der Waals surface area contributed by atoms with Crippen LogP contribution >= 0.6 is 38.9 Å². The summed E-state index contributed by atoms with van der Waals surface area (Å²) in [7, 11) is -3.84. The van der Waals surface area contributed by atoms with Gasteiger partial charge in [0.1, 0.15) is 15.8 Å². The molecule has 0 amide bonds. The van der Waals surface area contributed by atoms with Crippen LogP contribution in [0.4, 0.5) is 8.78 Å².